The van der Waals surface area contributed by atoms with Crippen molar-refractivity contribution in [1.82, 2.24) is 0 Å². The van der Waals surface area contributed by atoms with E-state index in [4.69, 9.17) is 15.4 Å². The third kappa shape index (κ3) is 3.74. The second-order valence-corrected chi connectivity index (χ2v) is 7.23. The molecule has 0 N–H and O–H groups in total. The molecule has 0 radical (unpaired) electrons. The van der Waals surface area contributed by atoms with E-state index in [1.54, 1.807) is 12.1 Å². The maximum absolute atomic E-state index is 11.6. The van der Waals surface area contributed by atoms with Gasteiger partial charge in [-0.25, -0.2) is 8.42 Å². The highest BCUT2D eigenvalue weighted by atomic mass is 35.7. The molecule has 0 aliphatic rings. The molecule has 0 amide bonds. The topological polar surface area (TPSA) is 43.4 Å². The molecule has 0 aliphatic carbocycles. The van der Waals surface area contributed by atoms with Crippen LogP contribution in [0.25, 0.3) is 11.1 Å². The van der Waals surface area contributed by atoms with Gasteiger partial charge in [-0.3, -0.25) is 0 Å². The molecule has 5 heteroatoms. The molecule has 0 atom stereocenters. The van der Waals surface area contributed by atoms with Crippen molar-refractivity contribution in [3.05, 3.63) is 48.5 Å². The van der Waals surface area contributed by atoms with Crippen LogP contribution in [-0.2, 0) is 9.05 Å². The van der Waals surface area contributed by atoms with Crippen molar-refractivity contribution >= 4 is 19.7 Å². The Morgan fingerprint density at radius 3 is 2.20 bits per heavy atom. The van der Waals surface area contributed by atoms with Gasteiger partial charge in [0.25, 0.3) is 9.05 Å². The first-order chi connectivity index (χ1) is 9.36. The van der Waals surface area contributed by atoms with Gasteiger partial charge in [0.15, 0.2) is 0 Å². The molecular formula is C15H15ClO3S. The predicted octanol–water partition coefficient (Wildman–Crippen LogP) is 4.07. The fraction of sp³-hybridized carbons (Fsp3) is 0.200. The fourth-order valence-corrected chi connectivity index (χ4v) is 2.64. The summed E-state index contributed by atoms with van der Waals surface area (Å²) in [5.41, 5.74) is 1.66. The van der Waals surface area contributed by atoms with Gasteiger partial charge in [-0.15, -0.1) is 0 Å². The summed E-state index contributed by atoms with van der Waals surface area (Å²) < 4.78 is 28.7. The molecule has 0 unspecified atom stereocenters. The van der Waals surface area contributed by atoms with Gasteiger partial charge in [-0.1, -0.05) is 30.3 Å². The molecule has 0 aromatic heterocycles. The van der Waals surface area contributed by atoms with E-state index in [0.717, 1.165) is 11.1 Å². The zero-order valence-electron chi connectivity index (χ0n) is 11.2. The van der Waals surface area contributed by atoms with E-state index in [1.165, 1.54) is 6.07 Å². The number of ether oxygens (including phenoxy) is 1. The Morgan fingerprint density at radius 2 is 1.65 bits per heavy atom. The molecule has 106 valence electrons. The number of benzene rings is 2. The van der Waals surface area contributed by atoms with Crippen LogP contribution >= 0.6 is 10.7 Å². The van der Waals surface area contributed by atoms with Crippen LogP contribution in [0.3, 0.4) is 0 Å². The summed E-state index contributed by atoms with van der Waals surface area (Å²) in [4.78, 5) is 0.0381. The first kappa shape index (κ1) is 14.9. The summed E-state index contributed by atoms with van der Waals surface area (Å²) in [7, 11) is 1.64. The van der Waals surface area contributed by atoms with Crippen LogP contribution in [-0.4, -0.2) is 14.5 Å². The molecular weight excluding hydrogens is 296 g/mol. The van der Waals surface area contributed by atoms with Crippen LogP contribution in [0.1, 0.15) is 13.8 Å². The van der Waals surface area contributed by atoms with Gasteiger partial charge in [0.1, 0.15) is 5.75 Å². The molecule has 0 fully saturated rings. The molecule has 0 bridgehead atoms. The van der Waals surface area contributed by atoms with Crippen LogP contribution < -0.4 is 4.74 Å². The smallest absolute Gasteiger partial charge is 0.261 e. The van der Waals surface area contributed by atoms with Gasteiger partial charge in [-0.2, -0.15) is 0 Å². The second-order valence-electron chi connectivity index (χ2n) is 4.66. The summed E-state index contributed by atoms with van der Waals surface area (Å²) in [6.07, 6.45) is -0.0492. The van der Waals surface area contributed by atoms with Gasteiger partial charge in [0.2, 0.25) is 0 Å². The highest BCUT2D eigenvalue weighted by Crippen LogP contribution is 2.30. The van der Waals surface area contributed by atoms with Crippen LogP contribution in [0.2, 0.25) is 0 Å². The minimum Gasteiger partial charge on any atom is -0.491 e. The summed E-state index contributed by atoms with van der Waals surface area (Å²) in [6, 6.07) is 14.3. The lowest BCUT2D eigenvalue weighted by atomic mass is 10.1. The average molecular weight is 311 g/mol. The first-order valence-electron chi connectivity index (χ1n) is 6.18. The quantitative estimate of drug-likeness (QED) is 0.800. The molecule has 2 rings (SSSR count). The summed E-state index contributed by atoms with van der Waals surface area (Å²) in [6.45, 7) is 3.76. The summed E-state index contributed by atoms with van der Waals surface area (Å²) >= 11 is 0. The maximum atomic E-state index is 11.6. The van der Waals surface area contributed by atoms with E-state index in [2.05, 4.69) is 0 Å². The first-order valence-corrected chi connectivity index (χ1v) is 8.49. The summed E-state index contributed by atoms with van der Waals surface area (Å²) in [5, 5.41) is 0. The van der Waals surface area contributed by atoms with E-state index in [0.29, 0.717) is 5.75 Å². The van der Waals surface area contributed by atoms with Gasteiger partial charge >= 0.3 is 0 Å². The number of hydrogen-bond acceptors (Lipinski definition) is 3. The average Bonchev–Trinajstić information content (AvgIpc) is 2.37. The Hall–Kier alpha value is -1.52. The van der Waals surface area contributed by atoms with Gasteiger partial charge in [0, 0.05) is 16.7 Å². The van der Waals surface area contributed by atoms with Crippen LogP contribution in [0, 0.1) is 0 Å². The van der Waals surface area contributed by atoms with Crippen LogP contribution in [0.15, 0.2) is 53.4 Å². The molecule has 20 heavy (non-hydrogen) atoms. The highest BCUT2D eigenvalue weighted by molar-refractivity contribution is 8.13. The largest absolute Gasteiger partial charge is 0.491 e. The zero-order chi connectivity index (χ0) is 14.8. The lowest BCUT2D eigenvalue weighted by Crippen LogP contribution is -2.06. The van der Waals surface area contributed by atoms with E-state index >= 15 is 0 Å². The molecule has 0 heterocycles. The van der Waals surface area contributed by atoms with Crippen molar-refractivity contribution in [3.63, 3.8) is 0 Å². The molecule has 0 saturated carbocycles. The predicted molar refractivity (Wildman–Crippen MR) is 80.7 cm³/mol. The van der Waals surface area contributed by atoms with Gasteiger partial charge in [-0.05, 0) is 37.1 Å². The Kier molecular flexibility index (Phi) is 4.35. The van der Waals surface area contributed by atoms with E-state index in [1.807, 2.05) is 44.2 Å². The molecule has 0 aliphatic heterocycles. The van der Waals surface area contributed by atoms with Crippen molar-refractivity contribution < 1.29 is 13.2 Å². The van der Waals surface area contributed by atoms with Crippen molar-refractivity contribution in [2.24, 2.45) is 0 Å². The van der Waals surface area contributed by atoms with E-state index in [9.17, 15) is 8.42 Å². The van der Waals surface area contributed by atoms with Crippen LogP contribution in [0.4, 0.5) is 0 Å². The van der Waals surface area contributed by atoms with Crippen molar-refractivity contribution in [2.45, 2.75) is 24.8 Å². The summed E-state index contributed by atoms with van der Waals surface area (Å²) in [5.74, 6) is 0.487. The number of halogens is 1. The molecule has 3 nitrogen and oxygen atoms in total. The minimum atomic E-state index is -3.80. The minimum absolute atomic E-state index is 0.0381. The van der Waals surface area contributed by atoms with Crippen molar-refractivity contribution in [3.8, 4) is 16.9 Å². The molecule has 0 spiro atoms. The highest BCUT2D eigenvalue weighted by Gasteiger charge is 2.14. The van der Waals surface area contributed by atoms with E-state index in [-0.39, 0.29) is 11.0 Å². The zero-order valence-corrected chi connectivity index (χ0v) is 12.8. The normalized spacial score (nSPS) is 11.6. The molecule has 0 saturated heterocycles. The van der Waals surface area contributed by atoms with Gasteiger partial charge < -0.3 is 4.74 Å². The molecule has 2 aromatic carbocycles. The van der Waals surface area contributed by atoms with E-state index < -0.39 is 9.05 Å². The Balaban J connectivity index is 2.57. The third-order valence-corrected chi connectivity index (χ3v) is 3.97. The fourth-order valence-electron chi connectivity index (χ4n) is 1.85. The SMILES string of the molecule is CC(C)Oc1cc(-c2ccccc2)cc(S(=O)(=O)Cl)c1. The number of rotatable bonds is 4. The Labute approximate surface area is 123 Å². The monoisotopic (exact) mass is 310 g/mol. The Morgan fingerprint density at radius 1 is 1.00 bits per heavy atom. The second kappa shape index (κ2) is 5.85. The van der Waals surface area contributed by atoms with Crippen molar-refractivity contribution in [1.29, 1.82) is 0 Å². The lowest BCUT2D eigenvalue weighted by Gasteiger charge is -2.12. The standard InChI is InChI=1S/C15H15ClO3S/c1-11(2)19-14-8-13(12-6-4-3-5-7-12)9-15(10-14)20(16,17)18/h3-11H,1-2H3. The van der Waals surface area contributed by atoms with Crippen molar-refractivity contribution in [2.75, 3.05) is 0 Å². The lowest BCUT2D eigenvalue weighted by molar-refractivity contribution is 0.242. The third-order valence-electron chi connectivity index (χ3n) is 2.64. The number of hydrogen-bond donors (Lipinski definition) is 0. The maximum Gasteiger partial charge on any atom is 0.261 e. The molecule has 2 aromatic rings. The van der Waals surface area contributed by atoms with Crippen LogP contribution in [0.5, 0.6) is 5.75 Å². The van der Waals surface area contributed by atoms with Gasteiger partial charge in [0.05, 0.1) is 11.0 Å². The Bertz CT molecular complexity index is 694.